The zero-order valence-corrected chi connectivity index (χ0v) is 13.6. The van der Waals surface area contributed by atoms with Crippen LogP contribution in [0.4, 0.5) is 5.69 Å². The summed E-state index contributed by atoms with van der Waals surface area (Å²) in [6.45, 7) is 1.21. The molecule has 0 aromatic heterocycles. The molecular formula is C13H17ClN2O5S. The van der Waals surface area contributed by atoms with Gasteiger partial charge in [-0.2, -0.15) is 4.31 Å². The van der Waals surface area contributed by atoms with E-state index in [-0.39, 0.29) is 29.6 Å². The minimum atomic E-state index is -3.76. The molecule has 9 heteroatoms. The van der Waals surface area contributed by atoms with E-state index in [1.54, 1.807) is 6.07 Å². The molecule has 1 aromatic carbocycles. The number of ether oxygens (including phenoxy) is 2. The maximum Gasteiger partial charge on any atom is 0.245 e. The Labute approximate surface area is 134 Å². The lowest BCUT2D eigenvalue weighted by atomic mass is 10.3. The Balaban J connectivity index is 2.43. The summed E-state index contributed by atoms with van der Waals surface area (Å²) in [5.41, 5.74) is 0.179. The van der Waals surface area contributed by atoms with Crippen LogP contribution in [0.15, 0.2) is 23.1 Å². The first-order valence-corrected chi connectivity index (χ1v) is 8.58. The summed E-state index contributed by atoms with van der Waals surface area (Å²) in [4.78, 5) is 11.5. The molecule has 1 amide bonds. The standard InChI is InChI=1S/C13H17ClN2O5S/c1-20-10-2-3-11(15-13(17)9-14)12(8-10)22(18,19)16-4-6-21-7-5-16/h2-3,8H,4-7,9H2,1H3,(H,15,17). The molecule has 0 spiro atoms. The number of hydrogen-bond acceptors (Lipinski definition) is 5. The molecule has 0 atom stereocenters. The quantitative estimate of drug-likeness (QED) is 0.799. The van der Waals surface area contributed by atoms with Gasteiger partial charge in [-0.1, -0.05) is 0 Å². The number of morpholine rings is 1. The molecule has 1 N–H and O–H groups in total. The Morgan fingerprint density at radius 2 is 2.09 bits per heavy atom. The van der Waals surface area contributed by atoms with Crippen LogP contribution in [0.1, 0.15) is 0 Å². The molecule has 7 nitrogen and oxygen atoms in total. The Morgan fingerprint density at radius 3 is 2.68 bits per heavy atom. The van der Waals surface area contributed by atoms with E-state index < -0.39 is 15.9 Å². The predicted octanol–water partition coefficient (Wildman–Crippen LogP) is 0.893. The van der Waals surface area contributed by atoms with E-state index in [1.807, 2.05) is 0 Å². The van der Waals surface area contributed by atoms with Crippen LogP contribution >= 0.6 is 11.6 Å². The number of hydrogen-bond donors (Lipinski definition) is 1. The summed E-state index contributed by atoms with van der Waals surface area (Å²) in [6, 6.07) is 4.44. The van der Waals surface area contributed by atoms with Crippen LogP contribution in [0.25, 0.3) is 0 Å². The van der Waals surface area contributed by atoms with E-state index in [0.717, 1.165) is 0 Å². The average Bonchev–Trinajstić information content (AvgIpc) is 2.55. The second kappa shape index (κ2) is 7.28. The zero-order chi connectivity index (χ0) is 16.2. The number of benzene rings is 1. The van der Waals surface area contributed by atoms with Crippen LogP contribution in [0.2, 0.25) is 0 Å². The lowest BCUT2D eigenvalue weighted by Crippen LogP contribution is -2.40. The molecule has 22 heavy (non-hydrogen) atoms. The zero-order valence-electron chi connectivity index (χ0n) is 12.0. The van der Waals surface area contributed by atoms with Crippen molar-refractivity contribution in [2.24, 2.45) is 0 Å². The van der Waals surface area contributed by atoms with Crippen molar-refractivity contribution in [3.8, 4) is 5.75 Å². The number of sulfonamides is 1. The molecule has 0 bridgehead atoms. The van der Waals surface area contributed by atoms with Crippen LogP contribution in [-0.2, 0) is 19.6 Å². The van der Waals surface area contributed by atoms with Gasteiger partial charge in [-0.15, -0.1) is 11.6 Å². The summed E-state index contributed by atoms with van der Waals surface area (Å²) < 4.78 is 37.1. The summed E-state index contributed by atoms with van der Waals surface area (Å²) in [7, 11) is -2.32. The second-order valence-electron chi connectivity index (χ2n) is 4.56. The Morgan fingerprint density at radius 1 is 1.41 bits per heavy atom. The molecule has 1 heterocycles. The highest BCUT2D eigenvalue weighted by atomic mass is 35.5. The maximum absolute atomic E-state index is 12.8. The molecule has 1 saturated heterocycles. The highest BCUT2D eigenvalue weighted by Crippen LogP contribution is 2.29. The number of alkyl halides is 1. The molecule has 0 saturated carbocycles. The number of halogens is 1. The van der Waals surface area contributed by atoms with E-state index >= 15 is 0 Å². The monoisotopic (exact) mass is 348 g/mol. The average molecular weight is 349 g/mol. The number of rotatable bonds is 5. The van der Waals surface area contributed by atoms with E-state index in [1.165, 1.54) is 23.5 Å². The SMILES string of the molecule is COc1ccc(NC(=O)CCl)c(S(=O)(=O)N2CCOCC2)c1. The number of nitrogens with one attached hydrogen (secondary N) is 1. The summed E-state index contributed by atoms with van der Waals surface area (Å²) in [5.74, 6) is -0.357. The Hall–Kier alpha value is -1.35. The highest BCUT2D eigenvalue weighted by Gasteiger charge is 2.29. The summed E-state index contributed by atoms with van der Waals surface area (Å²) in [5, 5.41) is 2.49. The maximum atomic E-state index is 12.8. The molecule has 1 fully saturated rings. The molecule has 0 aliphatic carbocycles. The topological polar surface area (TPSA) is 84.9 Å². The fourth-order valence-electron chi connectivity index (χ4n) is 2.06. The van der Waals surface area contributed by atoms with E-state index in [0.29, 0.717) is 19.0 Å². The van der Waals surface area contributed by atoms with E-state index in [2.05, 4.69) is 5.32 Å². The predicted molar refractivity (Wildman–Crippen MR) is 81.9 cm³/mol. The minimum Gasteiger partial charge on any atom is -0.497 e. The smallest absolute Gasteiger partial charge is 0.245 e. The van der Waals surface area contributed by atoms with Crippen LogP contribution < -0.4 is 10.1 Å². The molecule has 122 valence electrons. The first-order chi connectivity index (χ1) is 10.5. The first kappa shape index (κ1) is 17.0. The van der Waals surface area contributed by atoms with Crippen molar-refractivity contribution in [2.75, 3.05) is 44.6 Å². The van der Waals surface area contributed by atoms with Crippen LogP contribution in [0.5, 0.6) is 5.75 Å². The van der Waals surface area contributed by atoms with Gasteiger partial charge < -0.3 is 14.8 Å². The number of methoxy groups -OCH3 is 1. The molecule has 1 aliphatic rings. The molecular weight excluding hydrogens is 332 g/mol. The third kappa shape index (κ3) is 3.70. The lowest BCUT2D eigenvalue weighted by Gasteiger charge is -2.27. The van der Waals surface area contributed by atoms with Gasteiger partial charge in [0.2, 0.25) is 15.9 Å². The van der Waals surface area contributed by atoms with Gasteiger partial charge in [-0.3, -0.25) is 4.79 Å². The van der Waals surface area contributed by atoms with Crippen molar-refractivity contribution in [3.63, 3.8) is 0 Å². The number of nitrogens with zero attached hydrogens (tertiary/aromatic N) is 1. The largest absolute Gasteiger partial charge is 0.497 e. The third-order valence-corrected chi connectivity index (χ3v) is 5.35. The molecule has 0 radical (unpaired) electrons. The fraction of sp³-hybridized carbons (Fsp3) is 0.462. The Bertz CT molecular complexity index is 644. The number of carbonyl (C=O) groups is 1. The minimum absolute atomic E-state index is 0.0211. The van der Waals surface area contributed by atoms with Crippen molar-refractivity contribution in [1.82, 2.24) is 4.31 Å². The van der Waals surface area contributed by atoms with Crippen molar-refractivity contribution in [3.05, 3.63) is 18.2 Å². The van der Waals surface area contributed by atoms with Gasteiger partial charge >= 0.3 is 0 Å². The number of amides is 1. The van der Waals surface area contributed by atoms with Gasteiger partial charge in [0.25, 0.3) is 0 Å². The normalized spacial score (nSPS) is 16.3. The van der Waals surface area contributed by atoms with Crippen molar-refractivity contribution >= 4 is 33.2 Å². The van der Waals surface area contributed by atoms with Crippen molar-refractivity contribution in [1.29, 1.82) is 0 Å². The van der Waals surface area contributed by atoms with Gasteiger partial charge in [0.05, 0.1) is 26.0 Å². The van der Waals surface area contributed by atoms with Gasteiger partial charge in [-0.05, 0) is 12.1 Å². The van der Waals surface area contributed by atoms with Crippen LogP contribution in [-0.4, -0.2) is 57.9 Å². The number of anilines is 1. The lowest BCUT2D eigenvalue weighted by molar-refractivity contribution is -0.113. The summed E-state index contributed by atoms with van der Waals surface area (Å²) >= 11 is 5.46. The molecule has 1 aliphatic heterocycles. The van der Waals surface area contributed by atoms with E-state index in [4.69, 9.17) is 21.1 Å². The van der Waals surface area contributed by atoms with Gasteiger partial charge in [0.1, 0.15) is 16.5 Å². The van der Waals surface area contributed by atoms with Gasteiger partial charge in [0.15, 0.2) is 0 Å². The summed E-state index contributed by atoms with van der Waals surface area (Å²) in [6.07, 6.45) is 0. The number of carbonyl (C=O) groups excluding carboxylic acids is 1. The molecule has 2 rings (SSSR count). The van der Waals surface area contributed by atoms with E-state index in [9.17, 15) is 13.2 Å². The van der Waals surface area contributed by atoms with Crippen LogP contribution in [0.3, 0.4) is 0 Å². The third-order valence-electron chi connectivity index (χ3n) is 3.17. The first-order valence-electron chi connectivity index (χ1n) is 6.61. The van der Waals surface area contributed by atoms with Gasteiger partial charge in [0, 0.05) is 19.2 Å². The highest BCUT2D eigenvalue weighted by molar-refractivity contribution is 7.89. The van der Waals surface area contributed by atoms with Crippen molar-refractivity contribution in [2.45, 2.75) is 4.90 Å². The second-order valence-corrected chi connectivity index (χ2v) is 6.73. The fourth-order valence-corrected chi connectivity index (χ4v) is 3.69. The Kier molecular flexibility index (Phi) is 5.63. The van der Waals surface area contributed by atoms with Gasteiger partial charge in [-0.25, -0.2) is 8.42 Å². The molecule has 1 aromatic rings. The van der Waals surface area contributed by atoms with Crippen LogP contribution in [0, 0.1) is 0 Å². The molecule has 0 unspecified atom stereocenters. The van der Waals surface area contributed by atoms with Crippen molar-refractivity contribution < 1.29 is 22.7 Å².